The van der Waals surface area contributed by atoms with Crippen molar-refractivity contribution in [3.8, 4) is 0 Å². The maximum absolute atomic E-state index is 8.74. The third kappa shape index (κ3) is 197. The first kappa shape index (κ1) is 15.7. The normalized spacial score (nSPS) is 8.29. The molecule has 0 bridgehead atoms. The summed E-state index contributed by atoms with van der Waals surface area (Å²) >= 11 is 0. The van der Waals surface area contributed by atoms with Gasteiger partial charge in [-0.15, -0.1) is 0 Å². The van der Waals surface area contributed by atoms with Crippen molar-refractivity contribution in [1.82, 2.24) is 0 Å². The fourth-order valence-corrected chi connectivity index (χ4v) is 0. The topological polar surface area (TPSA) is 74.6 Å². The zero-order chi connectivity index (χ0) is 4.50. The van der Waals surface area contributed by atoms with Crippen molar-refractivity contribution in [3.05, 3.63) is 0 Å². The van der Waals surface area contributed by atoms with Crippen LogP contribution in [0.4, 0.5) is 0 Å². The van der Waals surface area contributed by atoms with Gasteiger partial charge in [0.05, 0.1) is 0 Å². The summed E-state index contributed by atoms with van der Waals surface area (Å²) in [6.07, 6.45) is 0. The Morgan fingerprint density at radius 2 is 1.14 bits per heavy atom. The fourth-order valence-electron chi connectivity index (χ4n) is 0. The van der Waals surface area contributed by atoms with Crippen molar-refractivity contribution in [2.75, 3.05) is 0 Å². The van der Waals surface area contributed by atoms with E-state index in [9.17, 15) is 0 Å². The van der Waals surface area contributed by atoms with Gasteiger partial charge in [-0.05, 0) is 0 Å². The molecule has 0 aliphatic rings. The summed E-state index contributed by atoms with van der Waals surface area (Å²) in [7, 11) is -4.67. The van der Waals surface area contributed by atoms with Crippen molar-refractivity contribution in [1.29, 1.82) is 0 Å². The van der Waals surface area contributed by atoms with Gasteiger partial charge in [0.2, 0.25) is 0 Å². The van der Waals surface area contributed by atoms with Crippen LogP contribution in [0.25, 0.3) is 0 Å². The minimum atomic E-state index is -4.67. The Morgan fingerprint density at radius 3 is 1.14 bits per heavy atom. The van der Waals surface area contributed by atoms with Crippen LogP contribution in [0.5, 0.6) is 0 Å². The first-order valence-corrected chi connectivity index (χ1v) is 2.10. The largest absolute Gasteiger partial charge is 0.394 e. The molecule has 0 aromatic rings. The fraction of sp³-hybridized carbons (Fsp3) is 0. The summed E-state index contributed by atoms with van der Waals surface area (Å²) in [5.41, 5.74) is 0. The van der Waals surface area contributed by atoms with Gasteiger partial charge in [0.1, 0.15) is 0 Å². The Bertz CT molecular complexity index is 94.9. The van der Waals surface area contributed by atoms with Crippen molar-refractivity contribution in [2.45, 2.75) is 0 Å². The van der Waals surface area contributed by atoms with Crippen LogP contribution in [0.2, 0.25) is 0 Å². The Kier molecular flexibility index (Phi) is 11.3. The monoisotopic (exact) mass is 184 g/mol. The molecule has 0 aliphatic heterocycles. The van der Waals surface area contributed by atoms with Gasteiger partial charge in [-0.2, -0.15) is 8.42 Å². The molecular weight excluding hydrogens is 179 g/mol. The molecule has 0 heterocycles. The van der Waals surface area contributed by atoms with E-state index in [0.717, 1.165) is 0 Å². The summed E-state index contributed by atoms with van der Waals surface area (Å²) in [5, 5.41) is 0. The second-order valence-electron chi connectivity index (χ2n) is 0.448. The van der Waals surface area contributed by atoms with E-state index in [2.05, 4.69) is 0 Å². The zero-order valence-electron chi connectivity index (χ0n) is 2.47. The predicted octanol–water partition coefficient (Wildman–Crippen LogP) is -1.84. The molecule has 0 fully saturated rings. The van der Waals surface area contributed by atoms with Crippen molar-refractivity contribution in [3.63, 3.8) is 0 Å². The van der Waals surface area contributed by atoms with Crippen LogP contribution >= 0.6 is 0 Å². The van der Waals surface area contributed by atoms with E-state index in [0.29, 0.717) is 0 Å². The van der Waals surface area contributed by atoms with E-state index in [1.54, 1.807) is 0 Å². The van der Waals surface area contributed by atoms with Gasteiger partial charge < -0.3 is 0 Å². The molecule has 0 aromatic carbocycles. The molecule has 0 saturated heterocycles. The van der Waals surface area contributed by atoms with Gasteiger partial charge >= 0.3 is 10.4 Å². The van der Waals surface area contributed by atoms with Crippen LogP contribution in [0.15, 0.2) is 0 Å². The Balaban J connectivity index is -0.0000000800. The molecule has 0 unspecified atom stereocenters. The Morgan fingerprint density at radius 1 is 1.14 bits per heavy atom. The first-order chi connectivity index (χ1) is 2.00. The molecule has 0 spiro atoms. The summed E-state index contributed by atoms with van der Waals surface area (Å²) < 4.78 is 31.6. The van der Waals surface area contributed by atoms with E-state index in [1.807, 2.05) is 0 Å². The van der Waals surface area contributed by atoms with E-state index in [-0.39, 0.29) is 34.4 Å². The van der Waals surface area contributed by atoms with Gasteiger partial charge in [-0.3, -0.25) is 9.11 Å². The minimum absolute atomic E-state index is 0. The van der Waals surface area contributed by atoms with Crippen LogP contribution < -0.4 is 0 Å². The molecule has 4 nitrogen and oxygen atoms in total. The summed E-state index contributed by atoms with van der Waals surface area (Å²) in [6.45, 7) is 0. The van der Waals surface area contributed by atoms with Gasteiger partial charge in [0.25, 0.3) is 0 Å². The van der Waals surface area contributed by atoms with E-state index < -0.39 is 10.4 Å². The second kappa shape index (κ2) is 5.07. The molecule has 0 aliphatic carbocycles. The van der Waals surface area contributed by atoms with Gasteiger partial charge in [0, 0.05) is 17.1 Å². The average molecular weight is 184 g/mol. The SMILES string of the molecule is O=S(=O)(O)O.[AlH3].[Fe]. The number of hydrogen-bond acceptors (Lipinski definition) is 2. The molecule has 7 heavy (non-hydrogen) atoms. The quantitative estimate of drug-likeness (QED) is 0.342. The second-order valence-corrected chi connectivity index (χ2v) is 1.34. The van der Waals surface area contributed by atoms with E-state index >= 15 is 0 Å². The van der Waals surface area contributed by atoms with Crippen molar-refractivity contribution < 1.29 is 34.6 Å². The van der Waals surface area contributed by atoms with Crippen molar-refractivity contribution in [2.24, 2.45) is 0 Å². The molecular formula is H5AlFeO4S. The molecule has 0 amide bonds. The van der Waals surface area contributed by atoms with Gasteiger partial charge in [-0.1, -0.05) is 0 Å². The van der Waals surface area contributed by atoms with Crippen LogP contribution in [0, 0.1) is 0 Å². The molecule has 46 valence electrons. The summed E-state index contributed by atoms with van der Waals surface area (Å²) in [6, 6.07) is 0. The number of rotatable bonds is 0. The third-order valence-corrected chi connectivity index (χ3v) is 0. The zero-order valence-corrected chi connectivity index (χ0v) is 4.39. The summed E-state index contributed by atoms with van der Waals surface area (Å²) in [4.78, 5) is 0. The van der Waals surface area contributed by atoms with Gasteiger partial charge in [0.15, 0.2) is 17.4 Å². The van der Waals surface area contributed by atoms with Crippen LogP contribution in [-0.4, -0.2) is 34.9 Å². The van der Waals surface area contributed by atoms with Crippen LogP contribution in [0.3, 0.4) is 0 Å². The summed E-state index contributed by atoms with van der Waals surface area (Å²) in [5.74, 6) is 0. The van der Waals surface area contributed by atoms with E-state index in [1.165, 1.54) is 0 Å². The first-order valence-electron chi connectivity index (χ1n) is 0.698. The maximum atomic E-state index is 8.74. The molecule has 0 aromatic heterocycles. The standard InChI is InChI=1S/Al.Fe.H2O4S.3H/c;;1-5(2,3)4;;;/h;;(H2,1,2,3,4);;;. The Labute approximate surface area is 62.5 Å². The van der Waals surface area contributed by atoms with Crippen molar-refractivity contribution >= 4 is 27.8 Å². The van der Waals surface area contributed by atoms with E-state index in [4.69, 9.17) is 17.5 Å². The molecule has 7 heteroatoms. The van der Waals surface area contributed by atoms with Crippen LogP contribution in [0.1, 0.15) is 0 Å². The maximum Gasteiger partial charge on any atom is 0.394 e. The number of hydrogen-bond donors (Lipinski definition) is 2. The average Bonchev–Trinajstić information content (AvgIpc) is 0.722. The molecule has 2 N–H and O–H groups in total. The van der Waals surface area contributed by atoms with Crippen LogP contribution in [-0.2, 0) is 27.5 Å². The molecule has 0 rings (SSSR count). The molecule has 0 saturated carbocycles. The smallest absolute Gasteiger partial charge is 0.264 e. The molecule has 0 radical (unpaired) electrons. The van der Waals surface area contributed by atoms with Gasteiger partial charge in [-0.25, -0.2) is 0 Å². The third-order valence-electron chi connectivity index (χ3n) is 0. The predicted molar refractivity (Wildman–Crippen MR) is 24.1 cm³/mol. The Hall–Kier alpha value is 0.922. The molecule has 0 atom stereocenters. The minimum Gasteiger partial charge on any atom is -0.264 e.